The van der Waals surface area contributed by atoms with Crippen molar-refractivity contribution in [2.75, 3.05) is 47.0 Å². The van der Waals surface area contributed by atoms with Crippen LogP contribution in [0.3, 0.4) is 0 Å². The zero-order valence-electron chi connectivity index (χ0n) is 18.3. The molecule has 0 radical (unpaired) electrons. The van der Waals surface area contributed by atoms with Gasteiger partial charge in [0.05, 0.1) is 6.61 Å². The lowest BCUT2D eigenvalue weighted by molar-refractivity contribution is 0.159. The number of halogens is 1. The highest BCUT2D eigenvalue weighted by Crippen LogP contribution is 2.16. The lowest BCUT2D eigenvalue weighted by Gasteiger charge is -2.33. The van der Waals surface area contributed by atoms with Crippen LogP contribution in [0.2, 0.25) is 0 Å². The lowest BCUT2D eigenvalue weighted by atomic mass is 10.0. The number of aliphatic imine (C=N–C) groups is 1. The van der Waals surface area contributed by atoms with Gasteiger partial charge in [-0.25, -0.2) is 0 Å². The highest BCUT2D eigenvalue weighted by molar-refractivity contribution is 14.0. The number of methoxy groups -OCH3 is 1. The molecule has 1 aliphatic rings. The van der Waals surface area contributed by atoms with E-state index in [-0.39, 0.29) is 24.0 Å². The van der Waals surface area contributed by atoms with Crippen molar-refractivity contribution in [1.29, 1.82) is 0 Å². The molecule has 1 aliphatic heterocycles. The van der Waals surface area contributed by atoms with Gasteiger partial charge in [0.25, 0.3) is 0 Å². The number of nitrogens with one attached hydrogen (secondary N) is 2. The van der Waals surface area contributed by atoms with Gasteiger partial charge >= 0.3 is 0 Å². The van der Waals surface area contributed by atoms with Crippen LogP contribution in [0.25, 0.3) is 0 Å². The molecule has 29 heavy (non-hydrogen) atoms. The Morgan fingerprint density at radius 2 is 2.07 bits per heavy atom. The van der Waals surface area contributed by atoms with E-state index in [0.29, 0.717) is 6.61 Å². The summed E-state index contributed by atoms with van der Waals surface area (Å²) in [7, 11) is 3.53. The molecule has 166 valence electrons. The number of benzene rings is 1. The van der Waals surface area contributed by atoms with E-state index in [1.807, 2.05) is 19.2 Å². The Bertz CT molecular complexity index is 586. The maximum atomic E-state index is 5.77. The zero-order chi connectivity index (χ0) is 20.0. The first-order chi connectivity index (χ1) is 13.7. The molecule has 1 aromatic rings. The van der Waals surface area contributed by atoms with Crippen LogP contribution >= 0.6 is 24.0 Å². The van der Waals surface area contributed by atoms with Crippen LogP contribution in [0.5, 0.6) is 5.75 Å². The Labute approximate surface area is 193 Å². The van der Waals surface area contributed by atoms with Gasteiger partial charge in [0.1, 0.15) is 5.75 Å². The van der Waals surface area contributed by atoms with Gasteiger partial charge in [0, 0.05) is 52.9 Å². The van der Waals surface area contributed by atoms with E-state index in [1.54, 1.807) is 7.11 Å². The van der Waals surface area contributed by atoms with Crippen molar-refractivity contribution in [1.82, 2.24) is 15.5 Å². The minimum atomic E-state index is 0. The molecule has 1 saturated heterocycles. The first-order valence-corrected chi connectivity index (χ1v) is 10.6. The summed E-state index contributed by atoms with van der Waals surface area (Å²) in [4.78, 5) is 6.94. The number of likely N-dealkylation sites (tertiary alicyclic amines) is 1. The predicted molar refractivity (Wildman–Crippen MR) is 132 cm³/mol. The van der Waals surface area contributed by atoms with Gasteiger partial charge in [-0.05, 0) is 50.4 Å². The molecular formula is C22H39IN4O2. The fourth-order valence-electron chi connectivity index (χ4n) is 3.52. The topological polar surface area (TPSA) is 58.1 Å². The normalized spacial score (nSPS) is 17.5. The minimum Gasteiger partial charge on any atom is -0.493 e. The van der Waals surface area contributed by atoms with Crippen molar-refractivity contribution >= 4 is 29.9 Å². The van der Waals surface area contributed by atoms with Crippen molar-refractivity contribution in [3.8, 4) is 5.75 Å². The van der Waals surface area contributed by atoms with Crippen molar-refractivity contribution in [3.63, 3.8) is 0 Å². The summed E-state index contributed by atoms with van der Waals surface area (Å²) < 4.78 is 10.8. The number of hydrogen-bond acceptors (Lipinski definition) is 4. The van der Waals surface area contributed by atoms with Crippen molar-refractivity contribution in [2.45, 2.75) is 51.6 Å². The van der Waals surface area contributed by atoms with E-state index in [1.165, 1.54) is 31.4 Å². The second kappa shape index (κ2) is 15.7. The van der Waals surface area contributed by atoms with Crippen LogP contribution in [0.4, 0.5) is 0 Å². The van der Waals surface area contributed by atoms with Gasteiger partial charge in [-0.15, -0.1) is 24.0 Å². The summed E-state index contributed by atoms with van der Waals surface area (Å²) in [6.07, 6.45) is 6.09. The molecular weight excluding hydrogens is 479 g/mol. The Morgan fingerprint density at radius 3 is 2.83 bits per heavy atom. The molecule has 1 heterocycles. The second-order valence-corrected chi connectivity index (χ2v) is 7.43. The number of piperidine rings is 1. The third-order valence-electron chi connectivity index (χ3n) is 5.20. The zero-order valence-corrected chi connectivity index (χ0v) is 20.6. The van der Waals surface area contributed by atoms with Crippen molar-refractivity contribution < 1.29 is 9.47 Å². The number of rotatable bonds is 11. The molecule has 6 nitrogen and oxygen atoms in total. The van der Waals surface area contributed by atoms with Gasteiger partial charge < -0.3 is 25.0 Å². The molecule has 2 N–H and O–H groups in total. The van der Waals surface area contributed by atoms with Crippen LogP contribution in [0.1, 0.15) is 44.6 Å². The van der Waals surface area contributed by atoms with Gasteiger partial charge in [-0.3, -0.25) is 4.99 Å². The van der Waals surface area contributed by atoms with Crippen LogP contribution in [-0.4, -0.2) is 63.9 Å². The maximum Gasteiger partial charge on any atom is 0.191 e. The summed E-state index contributed by atoms with van der Waals surface area (Å²) in [5, 5.41) is 6.81. The van der Waals surface area contributed by atoms with E-state index in [0.717, 1.165) is 56.8 Å². The molecule has 7 heteroatoms. The van der Waals surface area contributed by atoms with E-state index in [2.05, 4.69) is 39.6 Å². The highest BCUT2D eigenvalue weighted by Gasteiger charge is 2.17. The summed E-state index contributed by atoms with van der Waals surface area (Å²) >= 11 is 0. The third kappa shape index (κ3) is 10.5. The molecule has 0 aromatic heterocycles. The van der Waals surface area contributed by atoms with Gasteiger partial charge in [0.2, 0.25) is 0 Å². The number of ether oxygens (including phenoxy) is 2. The number of guanidine groups is 1. The third-order valence-corrected chi connectivity index (χ3v) is 5.20. The standard InChI is InChI=1S/C22H38N4O2.HI/c1-19-9-4-5-13-26(19)14-7-12-24-22(23-2)25-18-20-10-6-11-21(17-20)28-16-8-15-27-3;/h6,10-11,17,19H,4-5,7-9,12-16,18H2,1-3H3,(H2,23,24,25);1H. The Balaban J connectivity index is 0.00000420. The molecule has 0 aliphatic carbocycles. The second-order valence-electron chi connectivity index (χ2n) is 7.43. The number of nitrogens with zero attached hydrogens (tertiary/aromatic N) is 2. The first kappa shape index (κ1) is 26.0. The summed E-state index contributed by atoms with van der Waals surface area (Å²) in [5.41, 5.74) is 1.18. The van der Waals surface area contributed by atoms with E-state index in [9.17, 15) is 0 Å². The van der Waals surface area contributed by atoms with E-state index in [4.69, 9.17) is 9.47 Å². The molecule has 1 aromatic carbocycles. The average Bonchev–Trinajstić information content (AvgIpc) is 2.72. The van der Waals surface area contributed by atoms with Crippen LogP contribution in [-0.2, 0) is 11.3 Å². The van der Waals surface area contributed by atoms with Gasteiger partial charge in [-0.1, -0.05) is 18.6 Å². The summed E-state index contributed by atoms with van der Waals surface area (Å²) in [6, 6.07) is 8.92. The molecule has 1 unspecified atom stereocenters. The van der Waals surface area contributed by atoms with Crippen molar-refractivity contribution in [2.24, 2.45) is 4.99 Å². The summed E-state index contributed by atoms with van der Waals surface area (Å²) in [5.74, 6) is 1.74. The van der Waals surface area contributed by atoms with E-state index < -0.39 is 0 Å². The Hall–Kier alpha value is -1.06. The van der Waals surface area contributed by atoms with Crippen LogP contribution < -0.4 is 15.4 Å². The fourth-order valence-corrected chi connectivity index (χ4v) is 3.52. The smallest absolute Gasteiger partial charge is 0.191 e. The van der Waals surface area contributed by atoms with Crippen LogP contribution in [0, 0.1) is 0 Å². The molecule has 0 amide bonds. The largest absolute Gasteiger partial charge is 0.493 e. The number of hydrogen-bond donors (Lipinski definition) is 2. The molecule has 1 atom stereocenters. The highest BCUT2D eigenvalue weighted by atomic mass is 127. The average molecular weight is 518 g/mol. The van der Waals surface area contributed by atoms with E-state index >= 15 is 0 Å². The van der Waals surface area contributed by atoms with Crippen LogP contribution in [0.15, 0.2) is 29.3 Å². The minimum absolute atomic E-state index is 0. The van der Waals surface area contributed by atoms with Crippen molar-refractivity contribution in [3.05, 3.63) is 29.8 Å². The molecule has 0 saturated carbocycles. The quantitative estimate of drug-likeness (QED) is 0.203. The van der Waals surface area contributed by atoms with Gasteiger partial charge in [-0.2, -0.15) is 0 Å². The van der Waals surface area contributed by atoms with Gasteiger partial charge in [0.15, 0.2) is 5.96 Å². The SMILES string of the molecule is CN=C(NCCCN1CCCCC1C)NCc1cccc(OCCCOC)c1.I. The molecule has 2 rings (SSSR count). The monoisotopic (exact) mass is 518 g/mol. The Morgan fingerprint density at radius 1 is 1.21 bits per heavy atom. The maximum absolute atomic E-state index is 5.77. The fraction of sp³-hybridized carbons (Fsp3) is 0.682. The summed E-state index contributed by atoms with van der Waals surface area (Å²) in [6.45, 7) is 7.81. The predicted octanol–water partition coefficient (Wildman–Crippen LogP) is 3.65. The molecule has 0 spiro atoms. The first-order valence-electron chi connectivity index (χ1n) is 10.6. The molecule has 1 fully saturated rings. The lowest BCUT2D eigenvalue weighted by Crippen LogP contribution is -2.41. The Kier molecular flexibility index (Phi) is 14.1. The molecule has 0 bridgehead atoms.